The van der Waals surface area contributed by atoms with Crippen molar-refractivity contribution >= 4 is 38.6 Å². The summed E-state index contributed by atoms with van der Waals surface area (Å²) in [6.07, 6.45) is 0. The van der Waals surface area contributed by atoms with Crippen molar-refractivity contribution in [2.24, 2.45) is 0 Å². The Morgan fingerprint density at radius 3 is 2.61 bits per heavy atom. The lowest BCUT2D eigenvalue weighted by Crippen LogP contribution is -2.29. The molecule has 4 N–H and O–H groups in total. The van der Waals surface area contributed by atoms with Gasteiger partial charge in [0, 0.05) is 30.5 Å². The fourth-order valence-electron chi connectivity index (χ4n) is 3.08. The zero-order chi connectivity index (χ0) is 23.4. The Hall–Kier alpha value is -3.90. The molecule has 2 aromatic carbocycles. The number of aromatic amines is 1. The summed E-state index contributed by atoms with van der Waals surface area (Å²) in [7, 11) is -2.17. The van der Waals surface area contributed by atoms with E-state index in [0.717, 1.165) is 17.1 Å². The number of methoxy groups -OCH3 is 1. The highest BCUT2D eigenvalue weighted by Gasteiger charge is 2.15. The summed E-state index contributed by atoms with van der Waals surface area (Å²) in [4.78, 5) is 22.5. The molecule has 12 heteroatoms. The van der Waals surface area contributed by atoms with Gasteiger partial charge in [-0.3, -0.25) is 4.98 Å². The summed E-state index contributed by atoms with van der Waals surface area (Å²) < 4.78 is 37.6. The highest BCUT2D eigenvalue weighted by molar-refractivity contribution is 7.89. The molecule has 4 rings (SSSR count). The van der Waals surface area contributed by atoms with Crippen molar-refractivity contribution < 1.29 is 17.6 Å². The number of ether oxygens (including phenoxy) is 1. The molecule has 0 bridgehead atoms. The topological polar surface area (TPSA) is 151 Å². The van der Waals surface area contributed by atoms with Crippen molar-refractivity contribution in [2.45, 2.75) is 11.8 Å². The molecule has 0 amide bonds. The first-order chi connectivity index (χ1) is 15.8. The minimum absolute atomic E-state index is 0.0184. The maximum Gasteiger partial charge on any atom is 0.417 e. The van der Waals surface area contributed by atoms with Gasteiger partial charge in [0.1, 0.15) is 11.6 Å². The van der Waals surface area contributed by atoms with Crippen LogP contribution < -0.4 is 25.8 Å². The minimum Gasteiger partial charge on any atom is -0.497 e. The predicted molar refractivity (Wildman–Crippen MR) is 124 cm³/mol. The standard InChI is InChI=1S/C21H22N6O5S/c1-13-11-19(25-14-3-5-15(31-2)6-4-14)27-20(24-13)22-9-10-23-33(29,30)16-7-8-18-17(12-16)26-21(28)32-18/h3-8,11-12,23H,9-10H2,1-2H3,(H,26,28)(H2,22,24,25,27). The number of nitrogens with one attached hydrogen (secondary N) is 4. The number of sulfonamides is 1. The number of hydrogen-bond acceptors (Lipinski definition) is 9. The molecule has 33 heavy (non-hydrogen) atoms. The number of aromatic nitrogens is 3. The van der Waals surface area contributed by atoms with E-state index >= 15 is 0 Å². The number of aryl methyl sites for hydroxylation is 1. The van der Waals surface area contributed by atoms with Crippen LogP contribution in [-0.2, 0) is 10.0 Å². The van der Waals surface area contributed by atoms with Gasteiger partial charge in [-0.25, -0.2) is 22.9 Å². The number of rotatable bonds is 9. The van der Waals surface area contributed by atoms with Crippen LogP contribution in [-0.4, -0.2) is 43.6 Å². The Balaban J connectivity index is 1.36. The second-order valence-electron chi connectivity index (χ2n) is 7.07. The zero-order valence-electron chi connectivity index (χ0n) is 17.9. The molecule has 0 atom stereocenters. The van der Waals surface area contributed by atoms with Gasteiger partial charge in [-0.1, -0.05) is 0 Å². The second-order valence-corrected chi connectivity index (χ2v) is 8.84. The molecule has 0 spiro atoms. The van der Waals surface area contributed by atoms with Crippen molar-refractivity contribution in [3.8, 4) is 5.75 Å². The number of H-pyrrole nitrogens is 1. The zero-order valence-corrected chi connectivity index (χ0v) is 18.7. The Morgan fingerprint density at radius 1 is 1.06 bits per heavy atom. The molecular formula is C21H22N6O5S. The molecule has 0 radical (unpaired) electrons. The van der Waals surface area contributed by atoms with Gasteiger partial charge >= 0.3 is 5.76 Å². The molecule has 0 aliphatic heterocycles. The Kier molecular flexibility index (Phi) is 6.29. The van der Waals surface area contributed by atoms with Crippen LogP contribution >= 0.6 is 0 Å². The summed E-state index contributed by atoms with van der Waals surface area (Å²) in [5.74, 6) is 1.07. The van der Waals surface area contributed by atoms with Gasteiger partial charge in [0.2, 0.25) is 16.0 Å². The number of fused-ring (bicyclic) bond motifs is 1. The van der Waals surface area contributed by atoms with Gasteiger partial charge in [-0.15, -0.1) is 0 Å². The maximum absolute atomic E-state index is 12.5. The molecule has 0 saturated carbocycles. The average molecular weight is 471 g/mol. The van der Waals surface area contributed by atoms with Crippen LogP contribution in [0, 0.1) is 6.92 Å². The normalized spacial score (nSPS) is 11.5. The Bertz CT molecular complexity index is 1430. The summed E-state index contributed by atoms with van der Waals surface area (Å²) in [5, 5.41) is 6.21. The fraction of sp³-hybridized carbons (Fsp3) is 0.190. The third kappa shape index (κ3) is 5.48. The molecule has 0 saturated heterocycles. The molecule has 0 unspecified atom stereocenters. The third-order valence-electron chi connectivity index (χ3n) is 4.62. The molecule has 0 aliphatic carbocycles. The molecule has 2 heterocycles. The minimum atomic E-state index is -3.78. The number of hydrogen-bond donors (Lipinski definition) is 4. The molecule has 172 valence electrons. The smallest absolute Gasteiger partial charge is 0.417 e. The van der Waals surface area contributed by atoms with E-state index in [4.69, 9.17) is 9.15 Å². The van der Waals surface area contributed by atoms with Crippen LogP contribution in [0.1, 0.15) is 5.69 Å². The van der Waals surface area contributed by atoms with Gasteiger partial charge in [-0.05, 0) is 49.4 Å². The number of anilines is 3. The lowest BCUT2D eigenvalue weighted by molar-refractivity contribution is 0.415. The van der Waals surface area contributed by atoms with Gasteiger partial charge in [0.25, 0.3) is 0 Å². The monoisotopic (exact) mass is 470 g/mol. The molecule has 2 aromatic heterocycles. The SMILES string of the molecule is COc1ccc(Nc2cc(C)nc(NCCNS(=O)(=O)c3ccc4oc(=O)[nH]c4c3)n2)cc1. The molecule has 0 aliphatic rings. The number of benzene rings is 2. The quantitative estimate of drug-likeness (QED) is 0.270. The number of oxazole rings is 1. The van der Waals surface area contributed by atoms with Crippen molar-refractivity contribution in [2.75, 3.05) is 30.8 Å². The Morgan fingerprint density at radius 2 is 1.85 bits per heavy atom. The van der Waals surface area contributed by atoms with Crippen molar-refractivity contribution in [1.29, 1.82) is 0 Å². The first-order valence-corrected chi connectivity index (χ1v) is 11.4. The largest absolute Gasteiger partial charge is 0.497 e. The third-order valence-corrected chi connectivity index (χ3v) is 6.08. The van der Waals surface area contributed by atoms with E-state index in [-0.39, 0.29) is 23.6 Å². The average Bonchev–Trinajstić information content (AvgIpc) is 3.16. The van der Waals surface area contributed by atoms with Crippen LogP contribution in [0.5, 0.6) is 5.75 Å². The van der Waals surface area contributed by atoms with Crippen LogP contribution in [0.4, 0.5) is 17.5 Å². The van der Waals surface area contributed by atoms with E-state index in [1.807, 2.05) is 31.2 Å². The maximum atomic E-state index is 12.5. The van der Waals surface area contributed by atoms with Gasteiger partial charge in [-0.2, -0.15) is 4.98 Å². The van der Waals surface area contributed by atoms with Crippen molar-refractivity contribution in [1.82, 2.24) is 19.7 Å². The lowest BCUT2D eigenvalue weighted by atomic mass is 10.3. The summed E-state index contributed by atoms with van der Waals surface area (Å²) in [6, 6.07) is 13.4. The van der Waals surface area contributed by atoms with Gasteiger partial charge in [0.15, 0.2) is 5.58 Å². The van der Waals surface area contributed by atoms with Gasteiger partial charge < -0.3 is 19.8 Å². The van der Waals surface area contributed by atoms with Crippen LogP contribution in [0.25, 0.3) is 11.1 Å². The van der Waals surface area contributed by atoms with Crippen LogP contribution in [0.15, 0.2) is 62.6 Å². The highest BCUT2D eigenvalue weighted by atomic mass is 32.2. The highest BCUT2D eigenvalue weighted by Crippen LogP contribution is 2.20. The number of nitrogens with zero attached hydrogens (tertiary/aromatic N) is 2. The van der Waals surface area contributed by atoms with Crippen LogP contribution in [0.2, 0.25) is 0 Å². The lowest BCUT2D eigenvalue weighted by Gasteiger charge is -2.11. The van der Waals surface area contributed by atoms with E-state index in [1.54, 1.807) is 13.2 Å². The first-order valence-electron chi connectivity index (χ1n) is 9.95. The summed E-state index contributed by atoms with van der Waals surface area (Å²) in [5.41, 5.74) is 2.18. The second kappa shape index (κ2) is 9.30. The van der Waals surface area contributed by atoms with E-state index in [0.29, 0.717) is 17.3 Å². The molecular weight excluding hydrogens is 448 g/mol. The van der Waals surface area contributed by atoms with E-state index in [2.05, 4.69) is 30.3 Å². The molecule has 4 aromatic rings. The molecule has 11 nitrogen and oxygen atoms in total. The van der Waals surface area contributed by atoms with Crippen LogP contribution in [0.3, 0.4) is 0 Å². The van der Waals surface area contributed by atoms with Crippen molar-refractivity contribution in [3.05, 3.63) is 64.8 Å². The predicted octanol–water partition coefficient (Wildman–Crippen LogP) is 2.36. The summed E-state index contributed by atoms with van der Waals surface area (Å²) in [6.45, 7) is 2.20. The van der Waals surface area contributed by atoms with Gasteiger partial charge in [0.05, 0.1) is 17.5 Å². The van der Waals surface area contributed by atoms with Crippen molar-refractivity contribution in [3.63, 3.8) is 0 Å². The van der Waals surface area contributed by atoms with E-state index in [1.165, 1.54) is 18.2 Å². The first kappa shape index (κ1) is 22.3. The molecule has 0 fully saturated rings. The van der Waals surface area contributed by atoms with E-state index in [9.17, 15) is 13.2 Å². The van der Waals surface area contributed by atoms with E-state index < -0.39 is 15.8 Å². The fourth-order valence-corrected chi connectivity index (χ4v) is 4.13. The summed E-state index contributed by atoms with van der Waals surface area (Å²) >= 11 is 0. The Labute approximate surface area is 189 Å².